The van der Waals surface area contributed by atoms with E-state index in [9.17, 15) is 0 Å². The summed E-state index contributed by atoms with van der Waals surface area (Å²) in [6.45, 7) is 0. The molecule has 0 heterocycles. The van der Waals surface area contributed by atoms with Crippen LogP contribution in [0.4, 0.5) is 0 Å². The van der Waals surface area contributed by atoms with E-state index >= 15 is 0 Å². The van der Waals surface area contributed by atoms with E-state index < -0.39 is 11.4 Å². The summed E-state index contributed by atoms with van der Waals surface area (Å²) in [4.78, 5) is 0. The average Bonchev–Trinajstić information content (AvgIpc) is 1.38. The van der Waals surface area contributed by atoms with E-state index in [1.54, 1.807) is 0 Å². The predicted molar refractivity (Wildman–Crippen MR) is 32.0 cm³/mol. The first-order valence-electron chi connectivity index (χ1n) is 0.670. The molecule has 0 saturated heterocycles. The first-order chi connectivity index (χ1) is 2.27. The number of hydrogen-bond donors (Lipinski definition) is 1. The molecule has 0 spiro atoms. The molecule has 0 bridgehead atoms. The topological polar surface area (TPSA) is 46.5 Å². The number of halogens is 1. The van der Waals surface area contributed by atoms with Crippen LogP contribution >= 0.6 is 11.9 Å². The molecule has 0 aromatic rings. The molecule has 3 nitrogen and oxygen atoms in total. The molecule has 7 heteroatoms. The summed E-state index contributed by atoms with van der Waals surface area (Å²) in [7, 11) is 0. The van der Waals surface area contributed by atoms with Crippen molar-refractivity contribution in [1.82, 2.24) is 0 Å². The average molecular weight is 165 g/mol. The van der Waals surface area contributed by atoms with Gasteiger partial charge in [-0.2, -0.15) is 7.94 Å². The maximum absolute atomic E-state index is 9.12. The molecule has 0 aromatic heterocycles. The molecule has 1 unspecified atom stereocenters. The van der Waals surface area contributed by atoms with Crippen LogP contribution in [0.3, 0.4) is 0 Å². The summed E-state index contributed by atoms with van der Waals surface area (Å²) in [6, 6.07) is 0. The quantitative estimate of drug-likeness (QED) is 0.399. The van der Waals surface area contributed by atoms with Crippen molar-refractivity contribution in [2.24, 2.45) is 0 Å². The Balaban J connectivity index is -0.0000000800. The normalized spacial score (nSPS) is 10.6. The Morgan fingerprint density at radius 1 is 1.57 bits per heavy atom. The van der Waals surface area contributed by atoms with Gasteiger partial charge in [-0.15, -0.1) is 0 Å². The van der Waals surface area contributed by atoms with Gasteiger partial charge in [-0.25, -0.2) is 0 Å². The monoisotopic (exact) mass is 164 g/mol. The van der Waals surface area contributed by atoms with E-state index in [1.165, 1.54) is 0 Å². The number of hydrogen-bond acceptors (Lipinski definition) is 2. The molecule has 0 aliphatic carbocycles. The molecule has 0 fully saturated rings. The SMILES string of the molecule is O=S(O)OCl.[NaH].[NaH]. The van der Waals surface area contributed by atoms with Gasteiger partial charge in [0, 0.05) is 0 Å². The summed E-state index contributed by atoms with van der Waals surface area (Å²) in [6.07, 6.45) is 0. The molecule has 36 valence electrons. The van der Waals surface area contributed by atoms with Crippen molar-refractivity contribution >= 4 is 82.3 Å². The first-order valence-corrected chi connectivity index (χ1v) is 2.01. The summed E-state index contributed by atoms with van der Waals surface area (Å²) < 4.78 is 19.9. The van der Waals surface area contributed by atoms with E-state index in [-0.39, 0.29) is 59.1 Å². The fraction of sp³-hybridized carbons (Fsp3) is 0. The van der Waals surface area contributed by atoms with Crippen LogP contribution < -0.4 is 0 Å². The van der Waals surface area contributed by atoms with Gasteiger partial charge in [0.15, 0.2) is 0 Å². The second kappa shape index (κ2) is 11.2. The van der Waals surface area contributed by atoms with Crippen LogP contribution in [0, 0.1) is 0 Å². The Labute approximate surface area is 93.4 Å². The molecule has 0 aliphatic rings. The molecular weight excluding hydrogens is 161 g/mol. The van der Waals surface area contributed by atoms with Gasteiger partial charge in [0.25, 0.3) is 0 Å². The zero-order valence-corrected chi connectivity index (χ0v) is 3.62. The van der Waals surface area contributed by atoms with Gasteiger partial charge in [0.05, 0.1) is 11.9 Å². The van der Waals surface area contributed by atoms with Crippen molar-refractivity contribution in [3.05, 3.63) is 0 Å². The molecule has 1 atom stereocenters. The van der Waals surface area contributed by atoms with Gasteiger partial charge in [-0.1, -0.05) is 0 Å². The number of rotatable bonds is 1. The van der Waals surface area contributed by atoms with Crippen LogP contribution in [0.2, 0.25) is 0 Å². The Morgan fingerprint density at radius 3 is 1.71 bits per heavy atom. The van der Waals surface area contributed by atoms with E-state index in [1.807, 2.05) is 0 Å². The fourth-order valence-electron chi connectivity index (χ4n) is 0. The molecule has 0 aliphatic heterocycles. The van der Waals surface area contributed by atoms with Crippen molar-refractivity contribution in [3.8, 4) is 0 Å². The second-order valence-corrected chi connectivity index (χ2v) is 1.22. The molecule has 1 N–H and O–H groups in total. The predicted octanol–water partition coefficient (Wildman–Crippen LogP) is -1.00. The molecule has 0 aromatic carbocycles. The third-order valence-corrected chi connectivity index (χ3v) is 0.485. The molecular formula is H3ClNa2O3S. The summed E-state index contributed by atoms with van der Waals surface area (Å²) >= 11 is 1.98. The Bertz CT molecular complexity index is 48.2. The first kappa shape index (κ1) is 16.2. The Hall–Kier alpha value is 2.36. The third-order valence-electron chi connectivity index (χ3n) is 0.0539. The van der Waals surface area contributed by atoms with Crippen molar-refractivity contribution in [3.63, 3.8) is 0 Å². The summed E-state index contributed by atoms with van der Waals surface area (Å²) in [5, 5.41) is 0. The molecule has 0 amide bonds. The molecule has 0 radical (unpaired) electrons. The minimum atomic E-state index is -2.31. The Kier molecular flexibility index (Phi) is 25.9. The van der Waals surface area contributed by atoms with Crippen LogP contribution in [0.1, 0.15) is 0 Å². The van der Waals surface area contributed by atoms with E-state index in [4.69, 9.17) is 8.76 Å². The maximum atomic E-state index is 9.12. The van der Waals surface area contributed by atoms with Gasteiger partial charge < -0.3 is 0 Å². The minimum absolute atomic E-state index is 0. The standard InChI is InChI=1S/ClHO3S.2Na.2H/c1-4-5(2)3;;;;/h(H,2,3);;;;. The van der Waals surface area contributed by atoms with E-state index in [0.717, 1.165) is 0 Å². The third kappa shape index (κ3) is 17.8. The van der Waals surface area contributed by atoms with E-state index in [0.29, 0.717) is 0 Å². The van der Waals surface area contributed by atoms with Gasteiger partial charge in [0.1, 0.15) is 0 Å². The van der Waals surface area contributed by atoms with Crippen LogP contribution in [0.25, 0.3) is 0 Å². The summed E-state index contributed by atoms with van der Waals surface area (Å²) in [5.41, 5.74) is 0. The van der Waals surface area contributed by atoms with Gasteiger partial charge in [0.2, 0.25) is 0 Å². The Morgan fingerprint density at radius 2 is 1.71 bits per heavy atom. The van der Waals surface area contributed by atoms with Gasteiger partial charge in [-0.3, -0.25) is 4.55 Å². The van der Waals surface area contributed by atoms with Crippen molar-refractivity contribution in [1.29, 1.82) is 0 Å². The van der Waals surface area contributed by atoms with Crippen molar-refractivity contribution in [2.75, 3.05) is 0 Å². The van der Waals surface area contributed by atoms with Gasteiger partial charge in [-0.05, 0) is 0 Å². The van der Waals surface area contributed by atoms with Crippen molar-refractivity contribution < 1.29 is 12.5 Å². The summed E-state index contributed by atoms with van der Waals surface area (Å²) in [5.74, 6) is 0. The van der Waals surface area contributed by atoms with Crippen LogP contribution in [0.5, 0.6) is 0 Å². The van der Waals surface area contributed by atoms with Crippen LogP contribution in [-0.2, 0) is 15.1 Å². The zero-order valence-electron chi connectivity index (χ0n) is 2.05. The van der Waals surface area contributed by atoms with Gasteiger partial charge >= 0.3 is 70.5 Å². The second-order valence-electron chi connectivity index (χ2n) is 0.280. The van der Waals surface area contributed by atoms with Crippen LogP contribution in [-0.4, -0.2) is 67.9 Å². The molecule has 0 rings (SSSR count). The molecule has 7 heavy (non-hydrogen) atoms. The van der Waals surface area contributed by atoms with E-state index in [2.05, 4.69) is 15.6 Å². The molecule has 0 saturated carbocycles. The zero-order chi connectivity index (χ0) is 4.28. The van der Waals surface area contributed by atoms with Crippen LogP contribution in [0.15, 0.2) is 0 Å². The fourth-order valence-corrected chi connectivity index (χ4v) is 0. The van der Waals surface area contributed by atoms with Crippen molar-refractivity contribution in [2.45, 2.75) is 0 Å².